The molecule has 1 aromatic carbocycles. The number of methoxy groups -OCH3 is 1. The fourth-order valence-electron chi connectivity index (χ4n) is 4.08. The predicted octanol–water partition coefficient (Wildman–Crippen LogP) is 2.40. The molecule has 0 unspecified atom stereocenters. The Kier molecular flexibility index (Phi) is 2.67. The highest BCUT2D eigenvalue weighted by Gasteiger charge is 2.56. The summed E-state index contributed by atoms with van der Waals surface area (Å²) >= 11 is 0. The minimum atomic E-state index is -0.160. The molecule has 1 saturated carbocycles. The average molecular weight is 283 g/mol. The number of nitrogens with zero attached hydrogens (tertiary/aromatic N) is 1. The van der Waals surface area contributed by atoms with Crippen LogP contribution in [0, 0.1) is 23.7 Å². The first-order valence-corrected chi connectivity index (χ1v) is 7.41. The van der Waals surface area contributed by atoms with Crippen LogP contribution < -0.4 is 9.64 Å². The van der Waals surface area contributed by atoms with Crippen molar-refractivity contribution in [1.29, 1.82) is 0 Å². The van der Waals surface area contributed by atoms with Gasteiger partial charge in [0, 0.05) is 6.07 Å². The van der Waals surface area contributed by atoms with Crippen LogP contribution in [0.5, 0.6) is 5.75 Å². The number of rotatable bonds is 2. The number of ether oxygens (including phenoxy) is 1. The van der Waals surface area contributed by atoms with Crippen LogP contribution in [0.3, 0.4) is 0 Å². The Morgan fingerprint density at radius 2 is 1.67 bits per heavy atom. The Labute approximate surface area is 123 Å². The van der Waals surface area contributed by atoms with Crippen LogP contribution in [0.15, 0.2) is 36.4 Å². The lowest BCUT2D eigenvalue weighted by Gasteiger charge is -2.38. The van der Waals surface area contributed by atoms with E-state index in [1.54, 1.807) is 19.2 Å². The van der Waals surface area contributed by atoms with E-state index in [4.69, 9.17) is 4.74 Å². The molecule has 4 heteroatoms. The van der Waals surface area contributed by atoms with Gasteiger partial charge in [-0.15, -0.1) is 0 Å². The number of benzene rings is 1. The van der Waals surface area contributed by atoms with Crippen LogP contribution in [0.4, 0.5) is 5.69 Å². The van der Waals surface area contributed by atoms with Gasteiger partial charge in [0.15, 0.2) is 0 Å². The van der Waals surface area contributed by atoms with Gasteiger partial charge in [-0.25, -0.2) is 4.90 Å². The largest absolute Gasteiger partial charge is 0.497 e. The summed E-state index contributed by atoms with van der Waals surface area (Å²) in [5.41, 5.74) is 0.623. The fourth-order valence-corrected chi connectivity index (χ4v) is 4.08. The summed E-state index contributed by atoms with van der Waals surface area (Å²) in [7, 11) is 1.58. The van der Waals surface area contributed by atoms with Gasteiger partial charge in [0.05, 0.1) is 24.6 Å². The number of anilines is 1. The number of amides is 2. The maximum absolute atomic E-state index is 12.8. The van der Waals surface area contributed by atoms with Crippen molar-refractivity contribution in [2.24, 2.45) is 23.7 Å². The lowest BCUT2D eigenvalue weighted by atomic mass is 9.63. The van der Waals surface area contributed by atoms with Gasteiger partial charge in [0.1, 0.15) is 5.75 Å². The molecule has 0 spiro atoms. The maximum Gasteiger partial charge on any atom is 0.238 e. The molecule has 0 N–H and O–H groups in total. The van der Waals surface area contributed by atoms with E-state index >= 15 is 0 Å². The molecule has 1 aromatic rings. The van der Waals surface area contributed by atoms with Crippen molar-refractivity contribution in [3.8, 4) is 5.75 Å². The third kappa shape index (κ3) is 1.68. The van der Waals surface area contributed by atoms with Crippen molar-refractivity contribution in [2.75, 3.05) is 12.0 Å². The van der Waals surface area contributed by atoms with E-state index in [0.29, 0.717) is 11.4 Å². The number of carbonyl (C=O) groups is 2. The molecule has 0 radical (unpaired) electrons. The number of imide groups is 1. The van der Waals surface area contributed by atoms with Crippen LogP contribution in [0.1, 0.15) is 12.8 Å². The van der Waals surface area contributed by atoms with Gasteiger partial charge in [0.25, 0.3) is 0 Å². The summed E-state index contributed by atoms with van der Waals surface area (Å²) < 4.78 is 5.20. The number of hydrogen-bond acceptors (Lipinski definition) is 3. The van der Waals surface area contributed by atoms with Crippen LogP contribution in [0.2, 0.25) is 0 Å². The molecule has 2 amide bonds. The molecule has 1 aliphatic heterocycles. The van der Waals surface area contributed by atoms with Crippen LogP contribution >= 0.6 is 0 Å². The smallest absolute Gasteiger partial charge is 0.238 e. The van der Waals surface area contributed by atoms with E-state index < -0.39 is 0 Å². The first-order chi connectivity index (χ1) is 10.2. The molecular weight excluding hydrogens is 266 g/mol. The SMILES string of the molecule is COc1cccc(N2C(=O)[C@@H]3[C@H](C2=O)[C@H]2C=C[C@H]3CC2)c1. The van der Waals surface area contributed by atoms with E-state index in [2.05, 4.69) is 12.2 Å². The van der Waals surface area contributed by atoms with Gasteiger partial charge >= 0.3 is 0 Å². The van der Waals surface area contributed by atoms with E-state index in [9.17, 15) is 9.59 Å². The van der Waals surface area contributed by atoms with Gasteiger partial charge in [-0.1, -0.05) is 18.2 Å². The zero-order valence-corrected chi connectivity index (χ0v) is 11.9. The molecular formula is C17H17NO3. The summed E-state index contributed by atoms with van der Waals surface area (Å²) in [5, 5.41) is 0. The van der Waals surface area contributed by atoms with Gasteiger partial charge in [0.2, 0.25) is 11.8 Å². The molecule has 1 heterocycles. The quantitative estimate of drug-likeness (QED) is 0.618. The Morgan fingerprint density at radius 3 is 2.19 bits per heavy atom. The van der Waals surface area contributed by atoms with E-state index in [1.165, 1.54) is 4.90 Å². The third-order valence-corrected chi connectivity index (χ3v) is 5.07. The Morgan fingerprint density at radius 1 is 1.05 bits per heavy atom. The van der Waals surface area contributed by atoms with Crippen molar-refractivity contribution in [2.45, 2.75) is 12.8 Å². The number of hydrogen-bond donors (Lipinski definition) is 0. The van der Waals surface area contributed by atoms with E-state index in [1.807, 2.05) is 12.1 Å². The van der Waals surface area contributed by atoms with Gasteiger partial charge in [-0.3, -0.25) is 9.59 Å². The average Bonchev–Trinajstić information content (AvgIpc) is 2.82. The topological polar surface area (TPSA) is 46.6 Å². The second kappa shape index (κ2) is 4.45. The molecule has 4 atom stereocenters. The Hall–Kier alpha value is -2.10. The molecule has 3 aliphatic carbocycles. The van der Waals surface area contributed by atoms with E-state index in [-0.39, 0.29) is 35.5 Å². The molecule has 21 heavy (non-hydrogen) atoms. The molecule has 4 nitrogen and oxygen atoms in total. The minimum Gasteiger partial charge on any atom is -0.497 e. The first kappa shape index (κ1) is 12.6. The van der Waals surface area contributed by atoms with Gasteiger partial charge in [-0.05, 0) is 36.8 Å². The monoisotopic (exact) mass is 283 g/mol. The molecule has 4 aliphatic rings. The molecule has 2 bridgehead atoms. The Bertz CT molecular complexity index is 619. The second-order valence-corrected chi connectivity index (χ2v) is 6.05. The lowest BCUT2D eigenvalue weighted by molar-refractivity contribution is -0.124. The fraction of sp³-hybridized carbons (Fsp3) is 0.412. The maximum atomic E-state index is 12.8. The van der Waals surface area contributed by atoms with Gasteiger partial charge in [-0.2, -0.15) is 0 Å². The summed E-state index contributed by atoms with van der Waals surface area (Å²) in [6, 6.07) is 7.17. The molecule has 0 aromatic heterocycles. The summed E-state index contributed by atoms with van der Waals surface area (Å²) in [6.07, 6.45) is 6.31. The van der Waals surface area contributed by atoms with Crippen LogP contribution in [-0.4, -0.2) is 18.9 Å². The number of allylic oxidation sites excluding steroid dienone is 2. The van der Waals surface area contributed by atoms with Crippen molar-refractivity contribution in [1.82, 2.24) is 0 Å². The van der Waals surface area contributed by atoms with E-state index in [0.717, 1.165) is 12.8 Å². The molecule has 2 fully saturated rings. The summed E-state index contributed by atoms with van der Waals surface area (Å²) in [6.45, 7) is 0. The lowest BCUT2D eigenvalue weighted by Crippen LogP contribution is -2.38. The zero-order valence-electron chi connectivity index (χ0n) is 11.9. The van der Waals surface area contributed by atoms with Crippen LogP contribution in [0.25, 0.3) is 0 Å². The Balaban J connectivity index is 1.75. The van der Waals surface area contributed by atoms with Crippen molar-refractivity contribution in [3.63, 3.8) is 0 Å². The highest BCUT2D eigenvalue weighted by molar-refractivity contribution is 6.22. The third-order valence-electron chi connectivity index (χ3n) is 5.07. The molecule has 1 saturated heterocycles. The van der Waals surface area contributed by atoms with Crippen molar-refractivity contribution in [3.05, 3.63) is 36.4 Å². The molecule has 108 valence electrons. The first-order valence-electron chi connectivity index (χ1n) is 7.41. The van der Waals surface area contributed by atoms with Crippen molar-refractivity contribution >= 4 is 17.5 Å². The van der Waals surface area contributed by atoms with Crippen LogP contribution in [-0.2, 0) is 9.59 Å². The number of fused-ring (bicyclic) bond motifs is 1. The second-order valence-electron chi connectivity index (χ2n) is 6.05. The highest BCUT2D eigenvalue weighted by atomic mass is 16.5. The van der Waals surface area contributed by atoms with Crippen molar-refractivity contribution < 1.29 is 14.3 Å². The highest BCUT2D eigenvalue weighted by Crippen LogP contribution is 2.50. The number of carbonyl (C=O) groups excluding carboxylic acids is 2. The predicted molar refractivity (Wildman–Crippen MR) is 77.8 cm³/mol. The standard InChI is InChI=1S/C17H17NO3/c1-21-13-4-2-3-12(9-13)18-16(19)14-10-5-6-11(8-7-10)15(14)17(18)20/h2-6,9-11,14-15H,7-8H2,1H3/t10-,11-,14-,15+/m0/s1. The van der Waals surface area contributed by atoms with Gasteiger partial charge < -0.3 is 4.74 Å². The molecule has 5 rings (SSSR count). The zero-order chi connectivity index (χ0) is 14.6. The summed E-state index contributed by atoms with van der Waals surface area (Å²) in [5.74, 6) is 0.706. The summed E-state index contributed by atoms with van der Waals surface area (Å²) in [4.78, 5) is 26.9. The normalized spacial score (nSPS) is 33.5. The minimum absolute atomic E-state index is 0.0442.